The lowest BCUT2D eigenvalue weighted by atomic mass is 10.1. The van der Waals surface area contributed by atoms with Crippen molar-refractivity contribution >= 4 is 15.9 Å². The van der Waals surface area contributed by atoms with Crippen LogP contribution in [0.4, 0.5) is 22.0 Å². The van der Waals surface area contributed by atoms with E-state index in [2.05, 4.69) is 15.9 Å². The molecule has 0 bridgehead atoms. The fraction of sp³-hybridized carbons (Fsp3) is 0.250. The van der Waals surface area contributed by atoms with Crippen LogP contribution in [0, 0.1) is 11.6 Å². The summed E-state index contributed by atoms with van der Waals surface area (Å²) < 4.78 is 61.7. The van der Waals surface area contributed by atoms with Crippen molar-refractivity contribution in [1.29, 1.82) is 0 Å². The van der Waals surface area contributed by atoms with E-state index < -0.39 is 23.4 Å². The van der Waals surface area contributed by atoms with Gasteiger partial charge >= 0.3 is 6.18 Å². The Hall–Kier alpha value is -0.650. The van der Waals surface area contributed by atoms with Crippen LogP contribution >= 0.6 is 15.9 Å². The van der Waals surface area contributed by atoms with Crippen LogP contribution < -0.4 is 0 Å². The van der Waals surface area contributed by atoms with E-state index in [9.17, 15) is 22.0 Å². The largest absolute Gasteiger partial charge is 0.419 e. The molecule has 78 valence electrons. The third kappa shape index (κ3) is 2.23. The first-order chi connectivity index (χ1) is 6.36. The fourth-order valence-corrected chi connectivity index (χ4v) is 1.25. The van der Waals surface area contributed by atoms with Gasteiger partial charge in [0.1, 0.15) is 0 Å². The van der Waals surface area contributed by atoms with Gasteiger partial charge in [0, 0.05) is 5.33 Å². The Labute approximate surface area is 84.9 Å². The molecule has 1 aromatic rings. The Kier molecular flexibility index (Phi) is 3.14. The van der Waals surface area contributed by atoms with Gasteiger partial charge in [-0.3, -0.25) is 0 Å². The molecule has 0 aromatic heterocycles. The smallest absolute Gasteiger partial charge is 0.204 e. The van der Waals surface area contributed by atoms with Crippen LogP contribution in [0.3, 0.4) is 0 Å². The molecule has 0 amide bonds. The quantitative estimate of drug-likeness (QED) is 0.539. The molecule has 0 radical (unpaired) electrons. The molecule has 0 saturated carbocycles. The summed E-state index contributed by atoms with van der Waals surface area (Å²) in [7, 11) is 0. The van der Waals surface area contributed by atoms with Crippen LogP contribution in [-0.2, 0) is 11.5 Å². The molecule has 0 unspecified atom stereocenters. The summed E-state index contributed by atoms with van der Waals surface area (Å²) in [6.07, 6.45) is -4.87. The van der Waals surface area contributed by atoms with Crippen molar-refractivity contribution in [1.82, 2.24) is 0 Å². The van der Waals surface area contributed by atoms with E-state index in [-0.39, 0.29) is 10.9 Å². The predicted molar refractivity (Wildman–Crippen MR) is 44.0 cm³/mol. The highest BCUT2D eigenvalue weighted by atomic mass is 79.9. The second kappa shape index (κ2) is 3.84. The first-order valence-electron chi connectivity index (χ1n) is 3.47. The minimum Gasteiger partial charge on any atom is -0.204 e. The molecular weight excluding hydrogens is 271 g/mol. The topological polar surface area (TPSA) is 0 Å². The normalized spacial score (nSPS) is 11.9. The van der Waals surface area contributed by atoms with E-state index >= 15 is 0 Å². The van der Waals surface area contributed by atoms with Gasteiger partial charge in [-0.1, -0.05) is 15.9 Å². The SMILES string of the molecule is Fc1cc(CBr)cc(C(F)(F)F)c1F. The van der Waals surface area contributed by atoms with Gasteiger partial charge in [0.15, 0.2) is 11.6 Å². The molecule has 0 aliphatic carbocycles. The Morgan fingerprint density at radius 2 is 1.71 bits per heavy atom. The number of halogens is 6. The minimum atomic E-state index is -4.87. The lowest BCUT2D eigenvalue weighted by molar-refractivity contribution is -0.140. The van der Waals surface area contributed by atoms with Crippen molar-refractivity contribution in [2.45, 2.75) is 11.5 Å². The standard InChI is InChI=1S/C8H4BrF5/c9-3-4-1-5(8(12,13)14)7(11)6(10)2-4/h1-2H,3H2. The van der Waals surface area contributed by atoms with Crippen molar-refractivity contribution in [3.63, 3.8) is 0 Å². The molecule has 0 N–H and O–H groups in total. The van der Waals surface area contributed by atoms with Gasteiger partial charge in [0.2, 0.25) is 0 Å². The summed E-state index contributed by atoms with van der Waals surface area (Å²) in [5.41, 5.74) is -1.54. The van der Waals surface area contributed by atoms with E-state index in [1.165, 1.54) is 0 Å². The molecule has 6 heteroatoms. The van der Waals surface area contributed by atoms with Gasteiger partial charge in [-0.15, -0.1) is 0 Å². The summed E-state index contributed by atoms with van der Waals surface area (Å²) in [4.78, 5) is 0. The zero-order valence-electron chi connectivity index (χ0n) is 6.63. The maximum absolute atomic E-state index is 12.7. The molecule has 0 heterocycles. The maximum atomic E-state index is 12.7. The predicted octanol–water partition coefficient (Wildman–Crippen LogP) is 3.88. The van der Waals surface area contributed by atoms with E-state index in [1.54, 1.807) is 0 Å². The van der Waals surface area contributed by atoms with Gasteiger partial charge in [0.25, 0.3) is 0 Å². The number of hydrogen-bond acceptors (Lipinski definition) is 0. The van der Waals surface area contributed by atoms with E-state index in [4.69, 9.17) is 0 Å². The number of hydrogen-bond donors (Lipinski definition) is 0. The second-order valence-corrected chi connectivity index (χ2v) is 3.13. The van der Waals surface area contributed by atoms with E-state index in [0.29, 0.717) is 6.07 Å². The molecule has 14 heavy (non-hydrogen) atoms. The highest BCUT2D eigenvalue weighted by Crippen LogP contribution is 2.33. The lowest BCUT2D eigenvalue weighted by Crippen LogP contribution is -2.10. The van der Waals surface area contributed by atoms with Gasteiger partial charge in [-0.25, -0.2) is 8.78 Å². The highest BCUT2D eigenvalue weighted by molar-refractivity contribution is 9.08. The van der Waals surface area contributed by atoms with Gasteiger partial charge in [0.05, 0.1) is 5.56 Å². The zero-order valence-corrected chi connectivity index (χ0v) is 8.22. The average Bonchev–Trinajstić information content (AvgIpc) is 2.07. The van der Waals surface area contributed by atoms with Gasteiger partial charge < -0.3 is 0 Å². The van der Waals surface area contributed by atoms with Crippen LogP contribution in [0.5, 0.6) is 0 Å². The summed E-state index contributed by atoms with van der Waals surface area (Å²) in [6, 6.07) is 1.30. The minimum absolute atomic E-state index is 0.0350. The molecule has 1 rings (SSSR count). The van der Waals surface area contributed by atoms with Crippen molar-refractivity contribution in [3.05, 3.63) is 34.9 Å². The molecule has 0 atom stereocenters. The van der Waals surface area contributed by atoms with Crippen molar-refractivity contribution in [2.75, 3.05) is 0 Å². The molecule has 0 nitrogen and oxygen atoms in total. The third-order valence-electron chi connectivity index (χ3n) is 1.55. The summed E-state index contributed by atoms with van der Waals surface area (Å²) in [6.45, 7) is 0. The third-order valence-corrected chi connectivity index (χ3v) is 2.20. The highest BCUT2D eigenvalue weighted by Gasteiger charge is 2.35. The van der Waals surface area contributed by atoms with E-state index in [1.807, 2.05) is 0 Å². The van der Waals surface area contributed by atoms with Crippen LogP contribution in [0.2, 0.25) is 0 Å². The molecule has 0 fully saturated rings. The average molecular weight is 275 g/mol. The second-order valence-electron chi connectivity index (χ2n) is 2.57. The van der Waals surface area contributed by atoms with Crippen LogP contribution in [0.25, 0.3) is 0 Å². The molecule has 0 aliphatic rings. The van der Waals surface area contributed by atoms with Gasteiger partial charge in [-0.05, 0) is 17.7 Å². The number of benzene rings is 1. The van der Waals surface area contributed by atoms with Crippen LogP contribution in [0.15, 0.2) is 12.1 Å². The van der Waals surface area contributed by atoms with Gasteiger partial charge in [-0.2, -0.15) is 13.2 Å². The molecule has 1 aromatic carbocycles. The van der Waals surface area contributed by atoms with E-state index in [0.717, 1.165) is 6.07 Å². The summed E-state index contributed by atoms with van der Waals surface area (Å²) in [5.74, 6) is -3.35. The zero-order chi connectivity index (χ0) is 10.9. The van der Waals surface area contributed by atoms with Crippen molar-refractivity contribution < 1.29 is 22.0 Å². The Morgan fingerprint density at radius 3 is 2.14 bits per heavy atom. The Bertz CT molecular complexity index is 344. The Balaban J connectivity index is 3.35. The van der Waals surface area contributed by atoms with Crippen molar-refractivity contribution in [3.8, 4) is 0 Å². The van der Waals surface area contributed by atoms with Crippen molar-refractivity contribution in [2.24, 2.45) is 0 Å². The monoisotopic (exact) mass is 274 g/mol. The molecular formula is C8H4BrF5. The lowest BCUT2D eigenvalue weighted by Gasteiger charge is -2.09. The summed E-state index contributed by atoms with van der Waals surface area (Å²) in [5, 5.41) is 0.0350. The first-order valence-corrected chi connectivity index (χ1v) is 4.59. The van der Waals surface area contributed by atoms with Crippen LogP contribution in [0.1, 0.15) is 11.1 Å². The molecule has 0 aliphatic heterocycles. The molecule has 0 saturated heterocycles. The molecule has 0 spiro atoms. The first kappa shape index (κ1) is 11.4. The summed E-state index contributed by atoms with van der Waals surface area (Å²) >= 11 is 2.86. The fourth-order valence-electron chi connectivity index (χ4n) is 0.929. The number of rotatable bonds is 1. The van der Waals surface area contributed by atoms with Crippen LogP contribution in [-0.4, -0.2) is 0 Å². The maximum Gasteiger partial charge on any atom is 0.419 e. The number of alkyl halides is 4. The Morgan fingerprint density at radius 1 is 1.14 bits per heavy atom.